The van der Waals surface area contributed by atoms with Crippen LogP contribution in [0.5, 0.6) is 0 Å². The van der Waals surface area contributed by atoms with E-state index < -0.39 is 27.9 Å². The predicted octanol–water partition coefficient (Wildman–Crippen LogP) is 4.56. The minimum Gasteiger partial charge on any atom is -0.465 e. The van der Waals surface area contributed by atoms with E-state index in [9.17, 15) is 18.0 Å². The topological polar surface area (TPSA) is 92.8 Å². The molecule has 0 saturated carbocycles. The first-order valence-electron chi connectivity index (χ1n) is 10.5. The molecule has 2 unspecified atom stereocenters. The third-order valence-electron chi connectivity index (χ3n) is 6.01. The number of fused-ring (bicyclic) bond motifs is 1. The van der Waals surface area contributed by atoms with Crippen molar-refractivity contribution in [3.05, 3.63) is 32.5 Å². The summed E-state index contributed by atoms with van der Waals surface area (Å²) in [6.45, 7) is 2.43. The molecule has 2 aromatic heterocycles. The molecular formula is C21H25ClN2O5S3. The van der Waals surface area contributed by atoms with Crippen molar-refractivity contribution in [3.8, 4) is 0 Å². The van der Waals surface area contributed by atoms with E-state index >= 15 is 0 Å². The van der Waals surface area contributed by atoms with E-state index in [1.165, 1.54) is 34.9 Å². The van der Waals surface area contributed by atoms with Gasteiger partial charge in [-0.1, -0.05) is 24.9 Å². The molecule has 1 amide bonds. The minimum absolute atomic E-state index is 0.123. The van der Waals surface area contributed by atoms with Gasteiger partial charge in [-0.3, -0.25) is 4.79 Å². The average Bonchev–Trinajstić information content (AvgIpc) is 3.36. The van der Waals surface area contributed by atoms with E-state index in [0.29, 0.717) is 33.7 Å². The van der Waals surface area contributed by atoms with E-state index in [1.54, 1.807) is 0 Å². The predicted molar refractivity (Wildman–Crippen MR) is 126 cm³/mol. The number of hydrogen-bond donors (Lipinski definition) is 1. The van der Waals surface area contributed by atoms with Crippen LogP contribution >= 0.6 is 34.3 Å². The normalized spacial score (nSPS) is 21.7. The van der Waals surface area contributed by atoms with Crippen molar-refractivity contribution in [1.82, 2.24) is 4.31 Å². The smallest absolute Gasteiger partial charge is 0.341 e. The van der Waals surface area contributed by atoms with E-state index in [-0.39, 0.29) is 10.8 Å². The van der Waals surface area contributed by atoms with Gasteiger partial charge in [-0.15, -0.1) is 22.7 Å². The monoisotopic (exact) mass is 516 g/mol. The van der Waals surface area contributed by atoms with Crippen LogP contribution < -0.4 is 5.32 Å². The molecule has 1 fully saturated rings. The van der Waals surface area contributed by atoms with Gasteiger partial charge in [0.1, 0.15) is 15.3 Å². The van der Waals surface area contributed by atoms with Crippen LogP contribution in [0.2, 0.25) is 4.34 Å². The molecule has 1 aliphatic carbocycles. The second-order valence-corrected chi connectivity index (χ2v) is 13.2. The Hall–Kier alpha value is -1.46. The summed E-state index contributed by atoms with van der Waals surface area (Å²) in [5.41, 5.74) is 1.35. The average molecular weight is 517 g/mol. The molecular weight excluding hydrogens is 492 g/mol. The lowest BCUT2D eigenvalue weighted by molar-refractivity contribution is -0.120. The summed E-state index contributed by atoms with van der Waals surface area (Å²) in [7, 11) is -2.53. The maximum absolute atomic E-state index is 13.3. The number of ether oxygens (including phenoxy) is 1. The number of sulfonamides is 1. The quantitative estimate of drug-likeness (QED) is 0.588. The number of nitrogens with one attached hydrogen (secondary N) is 1. The highest BCUT2D eigenvalue weighted by atomic mass is 35.5. The number of rotatable bonds is 5. The van der Waals surface area contributed by atoms with Crippen LogP contribution in [0.15, 0.2) is 16.3 Å². The van der Waals surface area contributed by atoms with Crippen molar-refractivity contribution in [3.63, 3.8) is 0 Å². The first kappa shape index (κ1) is 23.7. The summed E-state index contributed by atoms with van der Waals surface area (Å²) in [6.07, 6.45) is 4.43. The number of esters is 1. The number of halogens is 1. The zero-order valence-corrected chi connectivity index (χ0v) is 21.1. The van der Waals surface area contributed by atoms with Gasteiger partial charge in [0, 0.05) is 11.4 Å². The van der Waals surface area contributed by atoms with Crippen molar-refractivity contribution in [2.24, 2.45) is 5.92 Å². The number of piperidine rings is 1. The maximum atomic E-state index is 13.3. The minimum atomic E-state index is -3.85. The van der Waals surface area contributed by atoms with Crippen LogP contribution in [0, 0.1) is 5.92 Å². The van der Waals surface area contributed by atoms with Gasteiger partial charge >= 0.3 is 5.97 Å². The summed E-state index contributed by atoms with van der Waals surface area (Å²) in [4.78, 5) is 26.9. The largest absolute Gasteiger partial charge is 0.465 e. The van der Waals surface area contributed by atoms with Crippen LogP contribution in [0.4, 0.5) is 5.00 Å². The number of methoxy groups -OCH3 is 1. The van der Waals surface area contributed by atoms with Gasteiger partial charge in [-0.2, -0.15) is 4.31 Å². The summed E-state index contributed by atoms with van der Waals surface area (Å²) in [6, 6.07) is 2.16. The van der Waals surface area contributed by atoms with Gasteiger partial charge in [0.15, 0.2) is 0 Å². The van der Waals surface area contributed by atoms with E-state index in [2.05, 4.69) is 12.2 Å². The van der Waals surface area contributed by atoms with Gasteiger partial charge in [0.25, 0.3) is 10.0 Å². The van der Waals surface area contributed by atoms with Crippen molar-refractivity contribution in [2.75, 3.05) is 19.0 Å². The summed E-state index contributed by atoms with van der Waals surface area (Å²) < 4.78 is 33.2. The van der Waals surface area contributed by atoms with Crippen molar-refractivity contribution < 1.29 is 22.7 Å². The molecule has 0 bridgehead atoms. The van der Waals surface area contributed by atoms with Crippen molar-refractivity contribution >= 4 is 61.2 Å². The summed E-state index contributed by atoms with van der Waals surface area (Å²) in [5.74, 6) is -0.395. The Morgan fingerprint density at radius 2 is 2.00 bits per heavy atom. The fraction of sp³-hybridized carbons (Fsp3) is 0.524. The molecule has 3 heterocycles. The van der Waals surface area contributed by atoms with Gasteiger partial charge in [-0.25, -0.2) is 13.2 Å². The number of carbonyl (C=O) groups excluding carboxylic acids is 2. The number of carbonyl (C=O) groups is 2. The fourth-order valence-electron chi connectivity index (χ4n) is 4.36. The Balaban J connectivity index is 1.63. The molecule has 1 N–H and O–H groups in total. The third kappa shape index (κ3) is 4.48. The first-order chi connectivity index (χ1) is 15.2. The Morgan fingerprint density at radius 1 is 1.22 bits per heavy atom. The summed E-state index contributed by atoms with van der Waals surface area (Å²) >= 11 is 8.32. The second-order valence-electron chi connectivity index (χ2n) is 8.22. The van der Waals surface area contributed by atoms with E-state index in [1.807, 2.05) is 0 Å². The molecule has 2 aromatic rings. The lowest BCUT2D eigenvalue weighted by Gasteiger charge is -2.33. The molecule has 2 atom stereocenters. The lowest BCUT2D eigenvalue weighted by atomic mass is 9.88. The zero-order valence-electron chi connectivity index (χ0n) is 17.9. The molecule has 1 aliphatic heterocycles. The summed E-state index contributed by atoms with van der Waals surface area (Å²) in [5, 5.41) is 3.32. The Labute approximate surface area is 200 Å². The van der Waals surface area contributed by atoms with E-state index in [0.717, 1.165) is 47.5 Å². The fourth-order valence-corrected chi connectivity index (χ4v) is 9.03. The van der Waals surface area contributed by atoms with Gasteiger partial charge in [0.2, 0.25) is 5.91 Å². The first-order valence-corrected chi connectivity index (χ1v) is 14.0. The second kappa shape index (κ2) is 9.42. The number of amides is 1. The van der Waals surface area contributed by atoms with Gasteiger partial charge in [-0.05, 0) is 55.7 Å². The standard InChI is InChI=1S/C21H25ClN2O5S3/c1-12-6-7-13-15(11-12)30-20(18(13)21(26)29-2)23-19(25)14-5-3-4-10-24(14)32(27,28)17-9-8-16(22)31-17/h8-9,12,14H,3-7,10-11H2,1-2H3,(H,23,25). The van der Waals surface area contributed by atoms with Crippen molar-refractivity contribution in [2.45, 2.75) is 55.7 Å². The molecule has 11 heteroatoms. The SMILES string of the molecule is COC(=O)c1c(NC(=O)C2CCCCN2S(=O)(=O)c2ccc(Cl)s2)sc2c1CCC(C)C2. The number of hydrogen-bond acceptors (Lipinski definition) is 7. The molecule has 32 heavy (non-hydrogen) atoms. The Kier molecular flexibility index (Phi) is 6.97. The highest BCUT2D eigenvalue weighted by molar-refractivity contribution is 7.91. The highest BCUT2D eigenvalue weighted by Gasteiger charge is 2.39. The molecule has 2 aliphatic rings. The van der Waals surface area contributed by atoms with Crippen molar-refractivity contribution in [1.29, 1.82) is 0 Å². The molecule has 0 aromatic carbocycles. The van der Waals surface area contributed by atoms with Gasteiger partial charge in [0.05, 0.1) is 17.0 Å². The van der Waals surface area contributed by atoms with Crippen LogP contribution in [0.1, 0.15) is 53.4 Å². The van der Waals surface area contributed by atoms with E-state index in [4.69, 9.17) is 16.3 Å². The number of thiophene rings is 2. The van der Waals surface area contributed by atoms with Crippen LogP contribution in [-0.4, -0.2) is 44.3 Å². The number of nitrogens with zero attached hydrogens (tertiary/aromatic N) is 1. The molecule has 4 rings (SSSR count). The van der Waals surface area contributed by atoms with Gasteiger partial charge < -0.3 is 10.1 Å². The maximum Gasteiger partial charge on any atom is 0.341 e. The molecule has 0 spiro atoms. The third-order valence-corrected chi connectivity index (χ3v) is 10.8. The Morgan fingerprint density at radius 3 is 2.69 bits per heavy atom. The molecule has 0 radical (unpaired) electrons. The Bertz CT molecular complexity index is 1140. The molecule has 174 valence electrons. The molecule has 1 saturated heterocycles. The highest BCUT2D eigenvalue weighted by Crippen LogP contribution is 2.40. The zero-order chi connectivity index (χ0) is 23.0. The lowest BCUT2D eigenvalue weighted by Crippen LogP contribution is -2.49. The molecule has 7 nitrogen and oxygen atoms in total. The van der Waals surface area contributed by atoms with Crippen LogP contribution in [-0.2, 0) is 32.4 Å². The van der Waals surface area contributed by atoms with Crippen LogP contribution in [0.25, 0.3) is 0 Å². The number of anilines is 1. The van der Waals surface area contributed by atoms with Crippen LogP contribution in [0.3, 0.4) is 0 Å².